The highest BCUT2D eigenvalue weighted by molar-refractivity contribution is 5.66. The van der Waals surface area contributed by atoms with Crippen molar-refractivity contribution in [3.8, 4) is 0 Å². The molecule has 1 heterocycles. The molecule has 0 aromatic carbocycles. The number of fused-ring (bicyclic) bond motifs is 5. The Morgan fingerprint density at radius 2 is 1.65 bits per heavy atom. The summed E-state index contributed by atoms with van der Waals surface area (Å²) in [7, 11) is 0. The fourth-order valence-corrected chi connectivity index (χ4v) is 14.2. The molecule has 0 radical (unpaired) electrons. The number of rotatable bonds is 6. The SMILES string of the molecule is CC1CCC2C3C(CC(O[C@@H]4CCC5(C)C(C4)C[C@@H](O)C4C5C[C@H](O)[C@@]5(C)C4CCC5[C@H](C)CCC(=O)O)[C@H](C)C3CC[C@H]2C)O1. The van der Waals surface area contributed by atoms with E-state index in [1.165, 1.54) is 25.7 Å². The zero-order chi connectivity index (χ0) is 32.7. The Morgan fingerprint density at radius 3 is 2.41 bits per heavy atom. The molecule has 6 saturated carbocycles. The van der Waals surface area contributed by atoms with Crippen LogP contribution in [0.4, 0.5) is 0 Å². The van der Waals surface area contributed by atoms with E-state index >= 15 is 0 Å². The highest BCUT2D eigenvalue weighted by atomic mass is 16.5. The quantitative estimate of drug-likeness (QED) is 0.275. The lowest BCUT2D eigenvalue weighted by Crippen LogP contribution is -2.62. The summed E-state index contributed by atoms with van der Waals surface area (Å²) in [5.41, 5.74) is -0.124. The maximum absolute atomic E-state index is 11.9. The average molecular weight is 643 g/mol. The fourth-order valence-electron chi connectivity index (χ4n) is 14.2. The number of carboxylic acids is 1. The Morgan fingerprint density at radius 1 is 0.891 bits per heavy atom. The molecule has 6 heteroatoms. The van der Waals surface area contributed by atoms with Crippen LogP contribution in [-0.4, -0.2) is 57.9 Å². The minimum absolute atomic E-state index is 0.120. The summed E-state index contributed by atoms with van der Waals surface area (Å²) in [4.78, 5) is 11.3. The number of hydrogen-bond acceptors (Lipinski definition) is 5. The van der Waals surface area contributed by atoms with E-state index in [-0.39, 0.29) is 47.4 Å². The van der Waals surface area contributed by atoms with Crippen molar-refractivity contribution in [1.82, 2.24) is 0 Å². The largest absolute Gasteiger partial charge is 0.481 e. The maximum Gasteiger partial charge on any atom is 0.303 e. The molecule has 3 N–H and O–H groups in total. The van der Waals surface area contributed by atoms with Gasteiger partial charge in [0.25, 0.3) is 0 Å². The molecule has 6 aliphatic carbocycles. The lowest BCUT2D eigenvalue weighted by Gasteiger charge is -2.64. The standard InChI is InChI=1S/C40H66O6/c1-21-7-10-28-24(4)33(20-34-37(28)27(21)11-9-23(3)45-34)46-26-15-16-39(5)25(17-26)18-32(41)38-30-13-12-29(22(2)8-14-36(43)44)40(30,6)35(42)19-31(38)39/h21-35,37-38,41-42H,7-20H2,1-6H3,(H,43,44)/t21-,22-,23?,24-,25?,26-,27?,28?,29?,30?,31?,32-,33?,34?,35+,37?,38?,39?,40-/m1/s1. The summed E-state index contributed by atoms with van der Waals surface area (Å²) >= 11 is 0. The molecular weight excluding hydrogens is 576 g/mol. The molecule has 0 amide bonds. The van der Waals surface area contributed by atoms with E-state index in [1.807, 2.05) is 0 Å². The first kappa shape index (κ1) is 33.8. The average Bonchev–Trinajstić information content (AvgIpc) is 3.27. The summed E-state index contributed by atoms with van der Waals surface area (Å²) in [5, 5.41) is 33.2. The molecular formula is C40H66O6. The predicted octanol–water partition coefficient (Wildman–Crippen LogP) is 7.73. The van der Waals surface area contributed by atoms with Crippen LogP contribution in [0.25, 0.3) is 0 Å². The van der Waals surface area contributed by atoms with Gasteiger partial charge in [0.15, 0.2) is 0 Å². The van der Waals surface area contributed by atoms with E-state index in [2.05, 4.69) is 41.5 Å². The molecule has 0 aromatic rings. The molecule has 46 heavy (non-hydrogen) atoms. The number of hydrogen-bond donors (Lipinski definition) is 3. The topological polar surface area (TPSA) is 96.2 Å². The van der Waals surface area contributed by atoms with Crippen molar-refractivity contribution in [3.05, 3.63) is 0 Å². The highest BCUT2D eigenvalue weighted by Gasteiger charge is 2.66. The van der Waals surface area contributed by atoms with E-state index in [0.29, 0.717) is 60.1 Å². The summed E-state index contributed by atoms with van der Waals surface area (Å²) in [6.07, 6.45) is 14.5. The summed E-state index contributed by atoms with van der Waals surface area (Å²) in [6.45, 7) is 14.2. The summed E-state index contributed by atoms with van der Waals surface area (Å²) in [6, 6.07) is 0. The van der Waals surface area contributed by atoms with Gasteiger partial charge in [-0.15, -0.1) is 0 Å². The lowest BCUT2D eigenvalue weighted by atomic mass is 9.43. The fraction of sp³-hybridized carbons (Fsp3) is 0.975. The lowest BCUT2D eigenvalue weighted by molar-refractivity contribution is -0.218. The van der Waals surface area contributed by atoms with Crippen LogP contribution in [0, 0.1) is 75.9 Å². The van der Waals surface area contributed by atoms with Crippen molar-refractivity contribution in [2.24, 2.45) is 75.9 Å². The molecule has 19 atom stereocenters. The minimum Gasteiger partial charge on any atom is -0.481 e. The first-order valence-corrected chi connectivity index (χ1v) is 19.7. The number of aliphatic hydroxyl groups is 2. The predicted molar refractivity (Wildman–Crippen MR) is 179 cm³/mol. The van der Waals surface area contributed by atoms with Crippen molar-refractivity contribution in [3.63, 3.8) is 0 Å². The van der Waals surface area contributed by atoms with Crippen LogP contribution in [0.2, 0.25) is 0 Å². The number of aliphatic carboxylic acids is 1. The zero-order valence-corrected chi connectivity index (χ0v) is 29.8. The van der Waals surface area contributed by atoms with Crippen molar-refractivity contribution >= 4 is 5.97 Å². The number of ether oxygens (including phenoxy) is 2. The highest BCUT2D eigenvalue weighted by Crippen LogP contribution is 2.68. The van der Waals surface area contributed by atoms with Gasteiger partial charge in [-0.2, -0.15) is 0 Å². The van der Waals surface area contributed by atoms with E-state index < -0.39 is 12.1 Å². The Balaban J connectivity index is 1.04. The van der Waals surface area contributed by atoms with Crippen LogP contribution in [-0.2, 0) is 14.3 Å². The second kappa shape index (κ2) is 12.6. The van der Waals surface area contributed by atoms with Crippen molar-refractivity contribution < 1.29 is 29.6 Å². The second-order valence-corrected chi connectivity index (χ2v) is 18.7. The molecule has 1 aliphatic heterocycles. The third-order valence-corrected chi connectivity index (χ3v) is 16.8. The molecule has 12 unspecified atom stereocenters. The number of carboxylic acid groups (broad SMARTS) is 1. The Labute approximate surface area is 279 Å². The van der Waals surface area contributed by atoms with E-state index in [1.54, 1.807) is 0 Å². The molecule has 7 fully saturated rings. The Kier molecular flexibility index (Phi) is 9.23. The summed E-state index contributed by atoms with van der Waals surface area (Å²) in [5.74, 6) is 4.74. The smallest absolute Gasteiger partial charge is 0.303 e. The van der Waals surface area contributed by atoms with Gasteiger partial charge < -0.3 is 24.8 Å². The molecule has 6 nitrogen and oxygen atoms in total. The van der Waals surface area contributed by atoms with E-state index in [0.717, 1.165) is 63.2 Å². The first-order valence-electron chi connectivity index (χ1n) is 19.7. The van der Waals surface area contributed by atoms with Gasteiger partial charge in [0.2, 0.25) is 0 Å². The van der Waals surface area contributed by atoms with Crippen LogP contribution >= 0.6 is 0 Å². The van der Waals surface area contributed by atoms with Gasteiger partial charge in [-0.1, -0.05) is 41.0 Å². The van der Waals surface area contributed by atoms with Gasteiger partial charge in [-0.25, -0.2) is 0 Å². The molecule has 7 rings (SSSR count). The van der Waals surface area contributed by atoms with Crippen LogP contribution in [0.5, 0.6) is 0 Å². The second-order valence-electron chi connectivity index (χ2n) is 18.7. The number of aliphatic hydroxyl groups excluding tert-OH is 2. The van der Waals surface area contributed by atoms with E-state index in [4.69, 9.17) is 9.47 Å². The third-order valence-electron chi connectivity index (χ3n) is 16.8. The van der Waals surface area contributed by atoms with Gasteiger partial charge in [-0.3, -0.25) is 4.79 Å². The molecule has 1 saturated heterocycles. The zero-order valence-electron chi connectivity index (χ0n) is 29.8. The van der Waals surface area contributed by atoms with Crippen molar-refractivity contribution in [2.45, 2.75) is 168 Å². The molecule has 0 spiro atoms. The normalized spacial score (nSPS) is 55.7. The van der Waals surface area contributed by atoms with E-state index in [9.17, 15) is 20.1 Å². The molecule has 262 valence electrons. The summed E-state index contributed by atoms with van der Waals surface area (Å²) < 4.78 is 14.0. The van der Waals surface area contributed by atoms with Crippen LogP contribution in [0.1, 0.15) is 131 Å². The monoisotopic (exact) mass is 642 g/mol. The molecule has 0 aromatic heterocycles. The van der Waals surface area contributed by atoms with Crippen LogP contribution < -0.4 is 0 Å². The molecule has 7 aliphatic rings. The van der Waals surface area contributed by atoms with Gasteiger partial charge in [-0.05, 0) is 153 Å². The minimum atomic E-state index is -0.733. The Bertz CT molecular complexity index is 1110. The van der Waals surface area contributed by atoms with Crippen molar-refractivity contribution in [1.29, 1.82) is 0 Å². The van der Waals surface area contributed by atoms with Gasteiger partial charge >= 0.3 is 5.97 Å². The van der Waals surface area contributed by atoms with Gasteiger partial charge in [0.05, 0.1) is 36.6 Å². The first-order chi connectivity index (χ1) is 21.8. The molecule has 0 bridgehead atoms. The van der Waals surface area contributed by atoms with Crippen molar-refractivity contribution in [2.75, 3.05) is 0 Å². The van der Waals surface area contributed by atoms with Gasteiger partial charge in [0.1, 0.15) is 0 Å². The van der Waals surface area contributed by atoms with Crippen LogP contribution in [0.15, 0.2) is 0 Å². The van der Waals surface area contributed by atoms with Crippen LogP contribution in [0.3, 0.4) is 0 Å². The maximum atomic E-state index is 11.9. The Hall–Kier alpha value is -0.690. The third kappa shape index (κ3) is 5.45. The van der Waals surface area contributed by atoms with Gasteiger partial charge in [0, 0.05) is 12.8 Å². The number of carbonyl (C=O) groups is 1.